The molecular weight excluding hydrogens is 586 g/mol. The van der Waals surface area contributed by atoms with Crippen molar-refractivity contribution < 1.29 is 46.5 Å². The molecule has 0 heterocycles. The molecule has 2 amide bonds. The van der Waals surface area contributed by atoms with Gasteiger partial charge in [0.1, 0.15) is 5.75 Å². The van der Waals surface area contributed by atoms with Gasteiger partial charge in [-0.2, -0.15) is 18.4 Å². The van der Waals surface area contributed by atoms with Crippen LogP contribution in [-0.2, 0) is 15.8 Å². The molecule has 0 spiro atoms. The molecule has 4 atom stereocenters. The Labute approximate surface area is 250 Å². The normalized spacial score (nSPS) is 26.0. The number of aliphatic carboxylic acids is 1. The smallest absolute Gasteiger partial charge is 0.417 e. The van der Waals surface area contributed by atoms with Crippen molar-refractivity contribution >= 4 is 23.5 Å². The number of carbonyl (C=O) groups is 3. The molecule has 0 unspecified atom stereocenters. The van der Waals surface area contributed by atoms with Crippen LogP contribution in [0.25, 0.3) is 0 Å². The van der Waals surface area contributed by atoms with E-state index < -0.39 is 64.9 Å². The summed E-state index contributed by atoms with van der Waals surface area (Å²) in [6.45, 7) is 0. The number of anilines is 1. The predicted molar refractivity (Wildman–Crippen MR) is 147 cm³/mol. The molecule has 9 nitrogen and oxygen atoms in total. The SMILES string of the molecule is COc1cc(F)c(OC2CCC(C(=O)O)CC2)cc1C(=O)N[C@@H]1[C@H]2CC[C@H](C2)[C@@H]1C(=O)Nc1ccc(C#N)c(C(F)(F)F)c1. The van der Waals surface area contributed by atoms with Gasteiger partial charge >= 0.3 is 12.1 Å². The van der Waals surface area contributed by atoms with Crippen molar-refractivity contribution in [1.29, 1.82) is 5.26 Å². The third kappa shape index (κ3) is 6.30. The standard InChI is InChI=1S/C31H31F4N3O6/c1-43-24-13-23(32)25(44-20-8-5-15(6-9-20)30(41)42)12-21(24)28(39)38-27-17-3-2-16(10-17)26(27)29(40)37-19-7-4-18(14-36)22(11-19)31(33,34)35/h4,7,11-13,15-17,20,26-27H,2-3,5-6,8-10H2,1H3,(H,37,40)(H,38,39)(H,41,42)/t15?,16-,17+,20?,26+,27-/m1/s1. The van der Waals surface area contributed by atoms with E-state index in [2.05, 4.69) is 10.6 Å². The molecule has 3 fully saturated rings. The average molecular weight is 618 g/mol. The number of fused-ring (bicyclic) bond motifs is 2. The maximum absolute atomic E-state index is 14.9. The molecule has 3 N–H and O–H groups in total. The first-order chi connectivity index (χ1) is 20.9. The number of rotatable bonds is 8. The van der Waals surface area contributed by atoms with Gasteiger partial charge in [0.05, 0.1) is 47.8 Å². The van der Waals surface area contributed by atoms with Crippen LogP contribution in [0.2, 0.25) is 0 Å². The molecule has 2 aromatic rings. The molecule has 0 saturated heterocycles. The molecule has 2 aromatic carbocycles. The number of carboxylic acid groups (broad SMARTS) is 1. The fourth-order valence-electron chi connectivity index (χ4n) is 6.86. The quantitative estimate of drug-likeness (QED) is 0.331. The number of methoxy groups -OCH3 is 1. The van der Waals surface area contributed by atoms with E-state index in [0.29, 0.717) is 32.1 Å². The number of hydrogen-bond acceptors (Lipinski definition) is 6. The number of nitriles is 1. The lowest BCUT2D eigenvalue weighted by molar-refractivity contribution is -0.143. The highest BCUT2D eigenvalue weighted by Gasteiger charge is 2.51. The topological polar surface area (TPSA) is 138 Å². The van der Waals surface area contributed by atoms with Crippen molar-refractivity contribution in [2.75, 3.05) is 12.4 Å². The van der Waals surface area contributed by atoms with E-state index in [1.165, 1.54) is 25.3 Å². The van der Waals surface area contributed by atoms with E-state index in [1.807, 2.05) is 0 Å². The largest absolute Gasteiger partial charge is 0.496 e. The van der Waals surface area contributed by atoms with Crippen molar-refractivity contribution in [2.24, 2.45) is 23.7 Å². The van der Waals surface area contributed by atoms with Crippen LogP contribution >= 0.6 is 0 Å². The van der Waals surface area contributed by atoms with Crippen LogP contribution in [0.15, 0.2) is 30.3 Å². The van der Waals surface area contributed by atoms with Crippen LogP contribution in [0.5, 0.6) is 11.5 Å². The Kier molecular flexibility index (Phi) is 8.72. The minimum absolute atomic E-state index is 0.0213. The lowest BCUT2D eigenvalue weighted by atomic mass is 9.83. The third-order valence-corrected chi connectivity index (χ3v) is 9.05. The van der Waals surface area contributed by atoms with Crippen LogP contribution in [-0.4, -0.2) is 42.1 Å². The fourth-order valence-corrected chi connectivity index (χ4v) is 6.86. The summed E-state index contributed by atoms with van der Waals surface area (Å²) in [5.41, 5.74) is -1.86. The zero-order chi connectivity index (χ0) is 31.8. The Hall–Kier alpha value is -4.34. The monoisotopic (exact) mass is 617 g/mol. The first-order valence-electron chi connectivity index (χ1n) is 14.4. The first kappa shape index (κ1) is 31.1. The average Bonchev–Trinajstić information content (AvgIpc) is 3.60. The Morgan fingerprint density at radius 2 is 1.70 bits per heavy atom. The van der Waals surface area contributed by atoms with E-state index >= 15 is 0 Å². The third-order valence-electron chi connectivity index (χ3n) is 9.05. The number of carboxylic acids is 1. The lowest BCUT2D eigenvalue weighted by Crippen LogP contribution is -2.48. The summed E-state index contributed by atoms with van der Waals surface area (Å²) < 4.78 is 66.4. The van der Waals surface area contributed by atoms with Gasteiger partial charge in [0.25, 0.3) is 5.91 Å². The number of carbonyl (C=O) groups excluding carboxylic acids is 2. The van der Waals surface area contributed by atoms with Gasteiger partial charge in [-0.1, -0.05) is 0 Å². The summed E-state index contributed by atoms with van der Waals surface area (Å²) in [4.78, 5) is 38.2. The zero-order valence-electron chi connectivity index (χ0n) is 23.7. The second-order valence-electron chi connectivity index (χ2n) is 11.6. The number of amides is 2. The van der Waals surface area contributed by atoms with Gasteiger partial charge in [0, 0.05) is 17.8 Å². The maximum atomic E-state index is 14.9. The number of nitrogens with zero attached hydrogens (tertiary/aromatic N) is 1. The number of benzene rings is 2. The highest BCUT2D eigenvalue weighted by Crippen LogP contribution is 2.49. The Bertz CT molecular complexity index is 1500. The molecule has 5 rings (SSSR count). The van der Waals surface area contributed by atoms with Gasteiger partial charge < -0.3 is 25.2 Å². The van der Waals surface area contributed by atoms with E-state index in [9.17, 15) is 37.1 Å². The zero-order valence-corrected chi connectivity index (χ0v) is 23.7. The fraction of sp³-hybridized carbons (Fsp3) is 0.484. The molecule has 234 valence electrons. The first-order valence-corrected chi connectivity index (χ1v) is 14.4. The summed E-state index contributed by atoms with van der Waals surface area (Å²) in [7, 11) is 1.28. The summed E-state index contributed by atoms with van der Waals surface area (Å²) in [6, 6.07) is 6.07. The minimum Gasteiger partial charge on any atom is -0.496 e. The molecule has 3 saturated carbocycles. The molecule has 0 aromatic heterocycles. The number of alkyl halides is 3. The number of hydrogen-bond donors (Lipinski definition) is 3. The van der Waals surface area contributed by atoms with Crippen molar-refractivity contribution in [3.63, 3.8) is 0 Å². The summed E-state index contributed by atoms with van der Waals surface area (Å²) in [6.07, 6.45) is -1.49. The second-order valence-corrected chi connectivity index (χ2v) is 11.6. The molecule has 2 bridgehead atoms. The molecule has 3 aliphatic rings. The number of nitrogens with one attached hydrogen (secondary N) is 2. The Balaban J connectivity index is 1.33. The van der Waals surface area contributed by atoms with Gasteiger partial charge in [-0.3, -0.25) is 14.4 Å². The van der Waals surface area contributed by atoms with Gasteiger partial charge in [-0.15, -0.1) is 0 Å². The van der Waals surface area contributed by atoms with E-state index in [4.69, 9.17) is 14.7 Å². The molecule has 13 heteroatoms. The van der Waals surface area contributed by atoms with Crippen molar-refractivity contribution in [2.45, 2.75) is 63.3 Å². The number of ether oxygens (including phenoxy) is 2. The minimum atomic E-state index is -4.79. The highest BCUT2D eigenvalue weighted by molar-refractivity contribution is 5.99. The highest BCUT2D eigenvalue weighted by atomic mass is 19.4. The van der Waals surface area contributed by atoms with Gasteiger partial charge in [0.15, 0.2) is 11.6 Å². The summed E-state index contributed by atoms with van der Waals surface area (Å²) in [5.74, 6) is -4.39. The van der Waals surface area contributed by atoms with E-state index in [1.54, 1.807) is 0 Å². The number of halogens is 4. The molecule has 0 aliphatic heterocycles. The van der Waals surface area contributed by atoms with Gasteiger partial charge in [0.2, 0.25) is 5.91 Å². The van der Waals surface area contributed by atoms with Crippen LogP contribution in [0, 0.1) is 40.8 Å². The molecule has 0 radical (unpaired) electrons. The molecular formula is C31H31F4N3O6. The van der Waals surface area contributed by atoms with Crippen LogP contribution in [0.4, 0.5) is 23.2 Å². The van der Waals surface area contributed by atoms with Crippen molar-refractivity contribution in [3.05, 3.63) is 52.8 Å². The predicted octanol–water partition coefficient (Wildman–Crippen LogP) is 5.53. The Morgan fingerprint density at radius 3 is 2.34 bits per heavy atom. The van der Waals surface area contributed by atoms with Gasteiger partial charge in [-0.05, 0) is 81.0 Å². The summed E-state index contributed by atoms with van der Waals surface area (Å²) >= 11 is 0. The van der Waals surface area contributed by atoms with Crippen molar-refractivity contribution in [1.82, 2.24) is 5.32 Å². The molecule has 44 heavy (non-hydrogen) atoms. The molecule has 3 aliphatic carbocycles. The second kappa shape index (κ2) is 12.3. The van der Waals surface area contributed by atoms with Crippen LogP contribution < -0.4 is 20.1 Å². The maximum Gasteiger partial charge on any atom is 0.417 e. The van der Waals surface area contributed by atoms with Crippen molar-refractivity contribution in [3.8, 4) is 17.6 Å². The van der Waals surface area contributed by atoms with Gasteiger partial charge in [-0.25, -0.2) is 4.39 Å². The summed E-state index contributed by atoms with van der Waals surface area (Å²) in [5, 5.41) is 23.7. The Morgan fingerprint density at radius 1 is 1.00 bits per heavy atom. The lowest BCUT2D eigenvalue weighted by Gasteiger charge is -2.31. The van der Waals surface area contributed by atoms with E-state index in [-0.39, 0.29) is 34.6 Å². The van der Waals surface area contributed by atoms with Crippen LogP contribution in [0.3, 0.4) is 0 Å². The van der Waals surface area contributed by atoms with Crippen LogP contribution in [0.1, 0.15) is 66.4 Å². The van der Waals surface area contributed by atoms with E-state index in [0.717, 1.165) is 31.0 Å².